The Morgan fingerprint density at radius 2 is 1.26 bits per heavy atom. The van der Waals surface area contributed by atoms with E-state index in [9.17, 15) is 4.79 Å². The third kappa shape index (κ3) is 14.9. The normalized spacial score (nSPS) is 16.6. The number of hydrogen-bond acceptors (Lipinski definition) is 2. The van der Waals surface area contributed by atoms with Gasteiger partial charge in [0.2, 0.25) is 0 Å². The van der Waals surface area contributed by atoms with E-state index in [1.54, 1.807) is 0 Å². The molecule has 0 saturated carbocycles. The lowest BCUT2D eigenvalue weighted by Gasteiger charge is -2.15. The molecule has 0 heterocycles. The molecule has 1 aliphatic carbocycles. The summed E-state index contributed by atoms with van der Waals surface area (Å²) in [7, 11) is 0. The van der Waals surface area contributed by atoms with Gasteiger partial charge in [0.15, 0.2) is 0 Å². The second-order valence-corrected chi connectivity index (χ2v) is 8.44. The monoisotopic (exact) mass is 378 g/mol. The first-order valence-corrected chi connectivity index (χ1v) is 12.2. The Balaban J connectivity index is 1.72. The smallest absolute Gasteiger partial charge is 0.312 e. The van der Waals surface area contributed by atoms with Gasteiger partial charge in [-0.1, -0.05) is 115 Å². The van der Waals surface area contributed by atoms with Gasteiger partial charge in [-0.2, -0.15) is 0 Å². The van der Waals surface area contributed by atoms with E-state index < -0.39 is 0 Å². The minimum atomic E-state index is -0.00749. The molecule has 27 heavy (non-hydrogen) atoms. The van der Waals surface area contributed by atoms with Crippen molar-refractivity contribution in [2.24, 2.45) is 5.92 Å². The summed E-state index contributed by atoms with van der Waals surface area (Å²) in [5, 5.41) is 0. The van der Waals surface area contributed by atoms with Crippen molar-refractivity contribution in [1.29, 1.82) is 0 Å². The fraction of sp³-hybridized carbons (Fsp3) is 0.880. The topological polar surface area (TPSA) is 26.3 Å². The molecule has 0 aromatic heterocycles. The van der Waals surface area contributed by atoms with Crippen molar-refractivity contribution in [3.05, 3.63) is 12.2 Å². The van der Waals surface area contributed by atoms with Gasteiger partial charge in [0.1, 0.15) is 0 Å². The molecule has 0 aromatic carbocycles. The van der Waals surface area contributed by atoms with E-state index in [1.165, 1.54) is 96.3 Å². The number of carbonyl (C=O) groups excluding carboxylic acids is 1. The molecule has 0 radical (unpaired) electrons. The Morgan fingerprint density at radius 3 is 1.70 bits per heavy atom. The lowest BCUT2D eigenvalue weighted by Crippen LogP contribution is -2.18. The summed E-state index contributed by atoms with van der Waals surface area (Å²) in [6, 6.07) is 0. The summed E-state index contributed by atoms with van der Waals surface area (Å²) in [5.41, 5.74) is 0. The molecular weight excluding hydrogens is 332 g/mol. The molecular formula is C25H46O2. The van der Waals surface area contributed by atoms with Gasteiger partial charge in [-0.15, -0.1) is 0 Å². The fourth-order valence-corrected chi connectivity index (χ4v) is 3.94. The fourth-order valence-electron chi connectivity index (χ4n) is 3.94. The van der Waals surface area contributed by atoms with Gasteiger partial charge in [-0.05, 0) is 25.7 Å². The molecule has 0 bridgehead atoms. The molecule has 0 spiro atoms. The Hall–Kier alpha value is -0.790. The van der Waals surface area contributed by atoms with Crippen LogP contribution < -0.4 is 0 Å². The standard InChI is InChI=1S/C25H46O2/c1-2-3-4-5-6-7-8-9-10-11-12-13-14-15-16-20-23-27-25(26)24-21-18-17-19-22-24/h18,21,24H,2-17,19-20,22-23H2,1H3. The van der Waals surface area contributed by atoms with Gasteiger partial charge in [0.25, 0.3) is 0 Å². The molecule has 0 N–H and O–H groups in total. The number of hydrogen-bond donors (Lipinski definition) is 0. The molecule has 158 valence electrons. The quantitative estimate of drug-likeness (QED) is 0.137. The van der Waals surface area contributed by atoms with Crippen LogP contribution in [-0.4, -0.2) is 12.6 Å². The van der Waals surface area contributed by atoms with Crippen LogP contribution >= 0.6 is 0 Å². The van der Waals surface area contributed by atoms with E-state index in [0.717, 1.165) is 25.7 Å². The second-order valence-electron chi connectivity index (χ2n) is 8.44. The van der Waals surface area contributed by atoms with Crippen LogP contribution in [-0.2, 0) is 9.53 Å². The number of esters is 1. The van der Waals surface area contributed by atoms with Crippen LogP contribution in [0.3, 0.4) is 0 Å². The van der Waals surface area contributed by atoms with Gasteiger partial charge >= 0.3 is 5.97 Å². The Kier molecular flexibility index (Phi) is 16.7. The van der Waals surface area contributed by atoms with Crippen molar-refractivity contribution in [3.8, 4) is 0 Å². The second kappa shape index (κ2) is 18.6. The maximum absolute atomic E-state index is 11.9. The van der Waals surface area contributed by atoms with Crippen LogP contribution in [0.15, 0.2) is 12.2 Å². The van der Waals surface area contributed by atoms with E-state index in [1.807, 2.05) is 6.08 Å². The average molecular weight is 379 g/mol. The van der Waals surface area contributed by atoms with Crippen molar-refractivity contribution in [1.82, 2.24) is 0 Å². The zero-order valence-electron chi connectivity index (χ0n) is 18.2. The molecule has 2 heteroatoms. The van der Waals surface area contributed by atoms with E-state index in [0.29, 0.717) is 6.61 Å². The van der Waals surface area contributed by atoms with Crippen LogP contribution in [0.5, 0.6) is 0 Å². The van der Waals surface area contributed by atoms with Crippen LogP contribution in [0.4, 0.5) is 0 Å². The Morgan fingerprint density at radius 1 is 0.778 bits per heavy atom. The van der Waals surface area contributed by atoms with Gasteiger partial charge in [-0.25, -0.2) is 0 Å². The number of unbranched alkanes of at least 4 members (excludes halogenated alkanes) is 15. The van der Waals surface area contributed by atoms with Crippen LogP contribution in [0.1, 0.15) is 129 Å². The predicted molar refractivity (Wildman–Crippen MR) is 117 cm³/mol. The summed E-state index contributed by atoms with van der Waals surface area (Å²) in [4.78, 5) is 11.9. The largest absolute Gasteiger partial charge is 0.465 e. The van der Waals surface area contributed by atoms with Crippen molar-refractivity contribution < 1.29 is 9.53 Å². The van der Waals surface area contributed by atoms with Gasteiger partial charge in [-0.3, -0.25) is 4.79 Å². The van der Waals surface area contributed by atoms with Crippen molar-refractivity contribution >= 4 is 5.97 Å². The highest BCUT2D eigenvalue weighted by Gasteiger charge is 2.18. The van der Waals surface area contributed by atoms with Crippen molar-refractivity contribution in [3.63, 3.8) is 0 Å². The first kappa shape index (κ1) is 24.2. The molecule has 1 aliphatic rings. The summed E-state index contributed by atoms with van der Waals surface area (Å²) in [6.07, 6.45) is 29.3. The van der Waals surface area contributed by atoms with Gasteiger partial charge in [0.05, 0.1) is 12.5 Å². The minimum absolute atomic E-state index is 0.00749. The lowest BCUT2D eigenvalue weighted by molar-refractivity contribution is -0.147. The SMILES string of the molecule is CCCCCCCCCCCCCCCCCCOC(=O)C1C=CCCC1. The van der Waals surface area contributed by atoms with Crippen LogP contribution in [0.2, 0.25) is 0 Å². The molecule has 0 amide bonds. The highest BCUT2D eigenvalue weighted by molar-refractivity contribution is 5.74. The Bertz CT molecular complexity index is 361. The highest BCUT2D eigenvalue weighted by Crippen LogP contribution is 2.18. The zero-order chi connectivity index (χ0) is 19.4. The summed E-state index contributed by atoms with van der Waals surface area (Å²) in [5.74, 6) is 0.0201. The maximum atomic E-state index is 11.9. The van der Waals surface area contributed by atoms with E-state index >= 15 is 0 Å². The third-order valence-corrected chi connectivity index (χ3v) is 5.80. The number of allylic oxidation sites excluding steroid dienone is 1. The third-order valence-electron chi connectivity index (χ3n) is 5.80. The minimum Gasteiger partial charge on any atom is -0.465 e. The van der Waals surface area contributed by atoms with Gasteiger partial charge in [0, 0.05) is 0 Å². The molecule has 0 saturated heterocycles. The molecule has 1 rings (SSSR count). The van der Waals surface area contributed by atoms with Gasteiger partial charge < -0.3 is 4.74 Å². The predicted octanol–water partition coefficient (Wildman–Crippen LogP) is 8.15. The molecule has 1 unspecified atom stereocenters. The summed E-state index contributed by atoms with van der Waals surface area (Å²) >= 11 is 0. The zero-order valence-corrected chi connectivity index (χ0v) is 18.2. The van der Waals surface area contributed by atoms with Crippen molar-refractivity contribution in [2.45, 2.75) is 129 Å². The molecule has 0 aromatic rings. The van der Waals surface area contributed by atoms with Crippen molar-refractivity contribution in [2.75, 3.05) is 6.61 Å². The molecule has 1 atom stereocenters. The van der Waals surface area contributed by atoms with E-state index in [4.69, 9.17) is 4.74 Å². The first-order chi connectivity index (χ1) is 13.3. The number of ether oxygens (including phenoxy) is 1. The van der Waals surface area contributed by atoms with Crippen LogP contribution in [0, 0.1) is 5.92 Å². The lowest BCUT2D eigenvalue weighted by atomic mass is 9.96. The highest BCUT2D eigenvalue weighted by atomic mass is 16.5. The Labute approximate surface area is 169 Å². The number of rotatable bonds is 18. The summed E-state index contributed by atoms with van der Waals surface area (Å²) in [6.45, 7) is 2.90. The molecule has 0 aliphatic heterocycles. The first-order valence-electron chi connectivity index (χ1n) is 12.2. The van der Waals surface area contributed by atoms with Crippen LogP contribution in [0.25, 0.3) is 0 Å². The molecule has 0 fully saturated rings. The van der Waals surface area contributed by atoms with E-state index in [2.05, 4.69) is 13.0 Å². The number of carbonyl (C=O) groups is 1. The molecule has 2 nitrogen and oxygen atoms in total. The van der Waals surface area contributed by atoms with E-state index in [-0.39, 0.29) is 11.9 Å². The summed E-state index contributed by atoms with van der Waals surface area (Å²) < 4.78 is 5.41. The average Bonchev–Trinajstić information content (AvgIpc) is 2.70. The maximum Gasteiger partial charge on any atom is 0.312 e.